The van der Waals surface area contributed by atoms with E-state index < -0.39 is 11.6 Å². The molecule has 0 amide bonds. The lowest BCUT2D eigenvalue weighted by Crippen LogP contribution is -2.22. The zero-order valence-electron chi connectivity index (χ0n) is 10.8. The molecule has 96 valence electrons. The van der Waals surface area contributed by atoms with Gasteiger partial charge >= 0.3 is 0 Å². The van der Waals surface area contributed by atoms with Crippen LogP contribution in [-0.4, -0.2) is 15.0 Å². The van der Waals surface area contributed by atoms with Crippen LogP contribution in [-0.2, 0) is 5.54 Å². The van der Waals surface area contributed by atoms with Gasteiger partial charge in [-0.15, -0.1) is 5.10 Å². The third-order valence-corrected chi connectivity index (χ3v) is 2.69. The Labute approximate surface area is 104 Å². The van der Waals surface area contributed by atoms with Gasteiger partial charge in [0, 0.05) is 5.56 Å². The molecule has 0 N–H and O–H groups in total. The monoisotopic (exact) mass is 251 g/mol. The van der Waals surface area contributed by atoms with Crippen molar-refractivity contribution in [3.05, 3.63) is 35.5 Å². The van der Waals surface area contributed by atoms with Gasteiger partial charge in [0.2, 0.25) is 0 Å². The van der Waals surface area contributed by atoms with E-state index in [0.717, 1.165) is 6.07 Å². The first kappa shape index (κ1) is 12.7. The van der Waals surface area contributed by atoms with Crippen LogP contribution in [0.1, 0.15) is 26.3 Å². The lowest BCUT2D eigenvalue weighted by Gasteiger charge is -2.17. The van der Waals surface area contributed by atoms with Gasteiger partial charge in [0.15, 0.2) is 11.6 Å². The smallest absolute Gasteiger partial charge is 0.161 e. The van der Waals surface area contributed by atoms with Gasteiger partial charge in [-0.2, -0.15) is 0 Å². The second-order valence-corrected chi connectivity index (χ2v) is 5.31. The predicted molar refractivity (Wildman–Crippen MR) is 65.1 cm³/mol. The maximum atomic E-state index is 13.3. The Morgan fingerprint density at radius 1 is 1.17 bits per heavy atom. The number of benzene rings is 1. The Balaban J connectivity index is 2.47. The number of rotatable bonds is 1. The summed E-state index contributed by atoms with van der Waals surface area (Å²) in [5.41, 5.74) is 1.13. The van der Waals surface area contributed by atoms with Gasteiger partial charge in [-0.25, -0.2) is 13.5 Å². The van der Waals surface area contributed by atoms with Gasteiger partial charge < -0.3 is 0 Å². The van der Waals surface area contributed by atoms with Crippen molar-refractivity contribution in [2.24, 2.45) is 0 Å². The molecule has 1 aromatic heterocycles. The van der Waals surface area contributed by atoms with E-state index in [1.807, 2.05) is 20.8 Å². The second kappa shape index (κ2) is 4.15. The minimum atomic E-state index is -0.865. The maximum absolute atomic E-state index is 13.3. The van der Waals surface area contributed by atoms with Crippen LogP contribution in [0.15, 0.2) is 18.3 Å². The molecule has 0 spiro atoms. The molecule has 0 aliphatic carbocycles. The number of nitrogens with zero attached hydrogens (tertiary/aromatic N) is 3. The van der Waals surface area contributed by atoms with Crippen LogP contribution in [0, 0.1) is 18.6 Å². The highest BCUT2D eigenvalue weighted by Crippen LogP contribution is 2.23. The molecule has 0 aliphatic rings. The number of halogens is 2. The topological polar surface area (TPSA) is 30.7 Å². The average Bonchev–Trinajstić information content (AvgIpc) is 2.73. The summed E-state index contributed by atoms with van der Waals surface area (Å²) in [6.07, 6.45) is 1.73. The summed E-state index contributed by atoms with van der Waals surface area (Å²) in [6.45, 7) is 7.49. The van der Waals surface area contributed by atoms with Crippen molar-refractivity contribution in [2.75, 3.05) is 0 Å². The normalized spacial score (nSPS) is 11.9. The molecule has 3 nitrogen and oxygen atoms in total. The Morgan fingerprint density at radius 2 is 1.83 bits per heavy atom. The Kier molecular flexibility index (Phi) is 2.92. The highest BCUT2D eigenvalue weighted by molar-refractivity contribution is 5.59. The summed E-state index contributed by atoms with van der Waals surface area (Å²) >= 11 is 0. The van der Waals surface area contributed by atoms with E-state index in [4.69, 9.17) is 0 Å². The van der Waals surface area contributed by atoms with Crippen molar-refractivity contribution in [3.8, 4) is 11.3 Å². The van der Waals surface area contributed by atoms with E-state index >= 15 is 0 Å². The first-order chi connectivity index (χ1) is 8.29. The fourth-order valence-corrected chi connectivity index (χ4v) is 1.60. The second-order valence-electron chi connectivity index (χ2n) is 5.31. The first-order valence-corrected chi connectivity index (χ1v) is 5.68. The lowest BCUT2D eigenvalue weighted by atomic mass is 10.1. The molecular formula is C13H15F2N3. The third-order valence-electron chi connectivity index (χ3n) is 2.69. The molecule has 0 bridgehead atoms. The SMILES string of the molecule is Cc1cc(-c2cn(C(C)(C)C)nn2)cc(F)c1F. The van der Waals surface area contributed by atoms with Crippen LogP contribution in [0.3, 0.4) is 0 Å². The molecule has 0 atom stereocenters. The average molecular weight is 251 g/mol. The molecule has 0 unspecified atom stereocenters. The minimum absolute atomic E-state index is 0.196. The number of hydrogen-bond donors (Lipinski definition) is 0. The summed E-state index contributed by atoms with van der Waals surface area (Å²) in [4.78, 5) is 0. The Hall–Kier alpha value is -1.78. The zero-order valence-corrected chi connectivity index (χ0v) is 10.8. The van der Waals surface area contributed by atoms with E-state index in [0.29, 0.717) is 11.3 Å². The first-order valence-electron chi connectivity index (χ1n) is 5.68. The molecule has 0 radical (unpaired) electrons. The molecular weight excluding hydrogens is 236 g/mol. The van der Waals surface area contributed by atoms with Gasteiger partial charge in [0.05, 0.1) is 11.7 Å². The summed E-state index contributed by atoms with van der Waals surface area (Å²) in [6, 6.07) is 2.70. The molecule has 2 rings (SSSR count). The molecule has 1 aromatic carbocycles. The van der Waals surface area contributed by atoms with Gasteiger partial charge in [-0.05, 0) is 45.4 Å². The Bertz CT molecular complexity index is 559. The fourth-order valence-electron chi connectivity index (χ4n) is 1.60. The molecule has 0 aliphatic heterocycles. The fraction of sp³-hybridized carbons (Fsp3) is 0.385. The highest BCUT2D eigenvalue weighted by atomic mass is 19.2. The standard InChI is InChI=1S/C13H15F2N3/c1-8-5-9(6-10(14)12(8)15)11-7-18(17-16-11)13(2,3)4/h5-7H,1-4H3. The molecule has 0 saturated carbocycles. The predicted octanol–water partition coefficient (Wildman–Crippen LogP) is 3.29. The van der Waals surface area contributed by atoms with Gasteiger partial charge in [-0.3, -0.25) is 0 Å². The summed E-state index contributed by atoms with van der Waals surface area (Å²) < 4.78 is 28.2. The summed E-state index contributed by atoms with van der Waals surface area (Å²) in [5, 5.41) is 7.98. The maximum Gasteiger partial charge on any atom is 0.161 e. The van der Waals surface area contributed by atoms with Crippen molar-refractivity contribution in [2.45, 2.75) is 33.2 Å². The van der Waals surface area contributed by atoms with Crippen molar-refractivity contribution in [1.82, 2.24) is 15.0 Å². The van der Waals surface area contributed by atoms with E-state index in [-0.39, 0.29) is 11.1 Å². The molecule has 1 heterocycles. The summed E-state index contributed by atoms with van der Waals surface area (Å²) in [5.74, 6) is -1.68. The highest BCUT2D eigenvalue weighted by Gasteiger charge is 2.17. The largest absolute Gasteiger partial charge is 0.247 e. The van der Waals surface area contributed by atoms with Crippen LogP contribution in [0.5, 0.6) is 0 Å². The molecule has 0 saturated heterocycles. The van der Waals surface area contributed by atoms with Crippen molar-refractivity contribution < 1.29 is 8.78 Å². The quantitative estimate of drug-likeness (QED) is 0.778. The third kappa shape index (κ3) is 2.25. The van der Waals surface area contributed by atoms with Crippen molar-refractivity contribution in [1.29, 1.82) is 0 Å². The molecule has 5 heteroatoms. The van der Waals surface area contributed by atoms with Crippen molar-refractivity contribution >= 4 is 0 Å². The zero-order chi connectivity index (χ0) is 13.5. The van der Waals surface area contributed by atoms with Crippen LogP contribution in [0.4, 0.5) is 8.78 Å². The van der Waals surface area contributed by atoms with Gasteiger partial charge in [-0.1, -0.05) is 5.21 Å². The van der Waals surface area contributed by atoms with E-state index in [9.17, 15) is 8.78 Å². The number of aromatic nitrogens is 3. The van der Waals surface area contributed by atoms with Gasteiger partial charge in [0.25, 0.3) is 0 Å². The minimum Gasteiger partial charge on any atom is -0.247 e. The van der Waals surface area contributed by atoms with Gasteiger partial charge in [0.1, 0.15) is 5.69 Å². The number of hydrogen-bond acceptors (Lipinski definition) is 2. The van der Waals surface area contributed by atoms with Crippen LogP contribution in [0.2, 0.25) is 0 Å². The van der Waals surface area contributed by atoms with Crippen LogP contribution >= 0.6 is 0 Å². The van der Waals surface area contributed by atoms with Crippen LogP contribution < -0.4 is 0 Å². The van der Waals surface area contributed by atoms with Crippen LogP contribution in [0.25, 0.3) is 11.3 Å². The molecule has 18 heavy (non-hydrogen) atoms. The number of aryl methyl sites for hydroxylation is 1. The van der Waals surface area contributed by atoms with E-state index in [1.165, 1.54) is 6.92 Å². The molecule has 2 aromatic rings. The summed E-state index contributed by atoms with van der Waals surface area (Å²) in [7, 11) is 0. The van der Waals surface area contributed by atoms with E-state index in [1.54, 1.807) is 16.9 Å². The van der Waals surface area contributed by atoms with Crippen molar-refractivity contribution in [3.63, 3.8) is 0 Å². The Morgan fingerprint density at radius 3 is 2.33 bits per heavy atom. The molecule has 0 fully saturated rings. The lowest BCUT2D eigenvalue weighted by molar-refractivity contribution is 0.347. The van der Waals surface area contributed by atoms with E-state index in [2.05, 4.69) is 10.3 Å².